The van der Waals surface area contributed by atoms with E-state index >= 15 is 0 Å². The highest BCUT2D eigenvalue weighted by Crippen LogP contribution is 2.45. The van der Waals surface area contributed by atoms with Crippen molar-refractivity contribution in [2.24, 2.45) is 0 Å². The van der Waals surface area contributed by atoms with Crippen molar-refractivity contribution in [3.8, 4) is 22.6 Å². The first-order valence-corrected chi connectivity index (χ1v) is 17.4. The molecular weight excluding hydrogens is 641 g/mol. The van der Waals surface area contributed by atoms with E-state index < -0.39 is 0 Å². The van der Waals surface area contributed by atoms with E-state index in [2.05, 4.69) is 120 Å². The molecule has 52 heavy (non-hydrogen) atoms. The second kappa shape index (κ2) is 11.2. The number of oxazole rings is 1. The number of anilines is 3. The number of nitrogens with zero attached hydrogens (tertiary/aromatic N) is 2. The van der Waals surface area contributed by atoms with Gasteiger partial charge in [-0.15, -0.1) is 0 Å². The van der Waals surface area contributed by atoms with E-state index in [1.54, 1.807) is 0 Å². The molecule has 5 heteroatoms. The molecule has 0 bridgehead atoms. The Hall–Kier alpha value is -7.11. The molecule has 0 amide bonds. The van der Waals surface area contributed by atoms with Crippen molar-refractivity contribution in [2.75, 3.05) is 4.90 Å². The summed E-state index contributed by atoms with van der Waals surface area (Å²) >= 11 is 0. The van der Waals surface area contributed by atoms with Gasteiger partial charge in [0.1, 0.15) is 22.3 Å². The van der Waals surface area contributed by atoms with Crippen molar-refractivity contribution in [1.82, 2.24) is 4.98 Å². The predicted molar refractivity (Wildman–Crippen MR) is 212 cm³/mol. The number of hydrogen-bond donors (Lipinski definition) is 0. The maximum atomic E-state index is 6.61. The molecule has 3 aromatic heterocycles. The van der Waals surface area contributed by atoms with Crippen LogP contribution in [-0.2, 0) is 0 Å². The van der Waals surface area contributed by atoms with Gasteiger partial charge in [0.15, 0.2) is 11.2 Å². The molecule has 8 aromatic carbocycles. The molecule has 0 aliphatic carbocycles. The van der Waals surface area contributed by atoms with Gasteiger partial charge in [0, 0.05) is 38.9 Å². The first-order chi connectivity index (χ1) is 25.7. The molecule has 11 rings (SSSR count). The van der Waals surface area contributed by atoms with Crippen LogP contribution < -0.4 is 4.90 Å². The van der Waals surface area contributed by atoms with Gasteiger partial charge in [0.05, 0.1) is 11.4 Å². The van der Waals surface area contributed by atoms with Crippen LogP contribution in [0.4, 0.5) is 17.1 Å². The quantitative estimate of drug-likeness (QED) is 0.183. The molecule has 0 radical (unpaired) electrons. The van der Waals surface area contributed by atoms with Crippen molar-refractivity contribution < 1.29 is 13.3 Å². The topological polar surface area (TPSA) is 55.6 Å². The zero-order valence-electron chi connectivity index (χ0n) is 27.8. The van der Waals surface area contributed by atoms with Crippen LogP contribution in [-0.4, -0.2) is 4.98 Å². The van der Waals surface area contributed by atoms with Crippen molar-refractivity contribution in [3.63, 3.8) is 0 Å². The minimum absolute atomic E-state index is 0.572. The third kappa shape index (κ3) is 4.46. The van der Waals surface area contributed by atoms with Crippen LogP contribution in [0.1, 0.15) is 0 Å². The molecule has 0 spiro atoms. The second-order valence-electron chi connectivity index (χ2n) is 13.1. The second-order valence-corrected chi connectivity index (χ2v) is 13.1. The molecule has 0 atom stereocenters. The fraction of sp³-hybridized carbons (Fsp3) is 0. The zero-order valence-corrected chi connectivity index (χ0v) is 27.8. The van der Waals surface area contributed by atoms with Crippen molar-refractivity contribution >= 4 is 82.8 Å². The summed E-state index contributed by atoms with van der Waals surface area (Å²) in [6.45, 7) is 0. The lowest BCUT2D eigenvalue weighted by atomic mass is 10.0. The fourth-order valence-corrected chi connectivity index (χ4v) is 7.65. The van der Waals surface area contributed by atoms with Gasteiger partial charge in [-0.3, -0.25) is 0 Å². The highest BCUT2D eigenvalue weighted by molar-refractivity contribution is 6.14. The lowest BCUT2D eigenvalue weighted by Gasteiger charge is -2.26. The van der Waals surface area contributed by atoms with Gasteiger partial charge < -0.3 is 18.2 Å². The van der Waals surface area contributed by atoms with Gasteiger partial charge >= 0.3 is 0 Å². The Morgan fingerprint density at radius 1 is 0.423 bits per heavy atom. The van der Waals surface area contributed by atoms with E-state index in [-0.39, 0.29) is 0 Å². The third-order valence-electron chi connectivity index (χ3n) is 10.1. The van der Waals surface area contributed by atoms with Crippen molar-refractivity contribution in [1.29, 1.82) is 0 Å². The van der Waals surface area contributed by atoms with Crippen LogP contribution in [0.2, 0.25) is 0 Å². The van der Waals surface area contributed by atoms with Crippen LogP contribution in [0.25, 0.3) is 88.3 Å². The van der Waals surface area contributed by atoms with Crippen LogP contribution >= 0.6 is 0 Å². The van der Waals surface area contributed by atoms with Crippen molar-refractivity contribution in [2.45, 2.75) is 0 Å². The summed E-state index contributed by atoms with van der Waals surface area (Å²) in [5.74, 6) is 0.572. The molecule has 244 valence electrons. The number of hydrogen-bond acceptors (Lipinski definition) is 5. The van der Waals surface area contributed by atoms with Crippen LogP contribution in [0, 0.1) is 0 Å². The number of benzene rings is 8. The normalized spacial score (nSPS) is 11.8. The molecule has 0 N–H and O–H groups in total. The van der Waals surface area contributed by atoms with Crippen molar-refractivity contribution in [3.05, 3.63) is 170 Å². The average Bonchev–Trinajstić information content (AvgIpc) is 3.91. The monoisotopic (exact) mass is 668 g/mol. The summed E-state index contributed by atoms with van der Waals surface area (Å²) in [5.41, 5.74) is 10.9. The summed E-state index contributed by atoms with van der Waals surface area (Å²) in [6, 6.07) is 58.7. The van der Waals surface area contributed by atoms with Gasteiger partial charge in [-0.25, -0.2) is 4.98 Å². The smallest absolute Gasteiger partial charge is 0.228 e. The molecular formula is C47H28N2O3. The SMILES string of the molecule is c1cc(-c2ccc3ccccc3c2)cc(N(c2ccc3c(c2)oc2cccc(-c4nc5ccccc5o4)c23)c2cccc3c2oc2ccccc23)c1. The maximum Gasteiger partial charge on any atom is 0.228 e. The highest BCUT2D eigenvalue weighted by atomic mass is 16.4. The van der Waals surface area contributed by atoms with Gasteiger partial charge in [-0.05, 0) is 88.6 Å². The van der Waals surface area contributed by atoms with E-state index in [0.717, 1.165) is 88.7 Å². The number of fused-ring (bicyclic) bond motifs is 8. The Morgan fingerprint density at radius 2 is 1.17 bits per heavy atom. The summed E-state index contributed by atoms with van der Waals surface area (Å²) < 4.78 is 19.4. The minimum Gasteiger partial charge on any atom is -0.456 e. The summed E-state index contributed by atoms with van der Waals surface area (Å²) in [4.78, 5) is 7.08. The first kappa shape index (κ1) is 28.7. The molecule has 0 fully saturated rings. The van der Waals surface area contributed by atoms with E-state index in [1.165, 1.54) is 10.8 Å². The summed E-state index contributed by atoms with van der Waals surface area (Å²) in [6.07, 6.45) is 0. The summed E-state index contributed by atoms with van der Waals surface area (Å²) in [7, 11) is 0. The van der Waals surface area contributed by atoms with Crippen LogP contribution in [0.3, 0.4) is 0 Å². The van der Waals surface area contributed by atoms with E-state index in [0.29, 0.717) is 5.89 Å². The van der Waals surface area contributed by atoms with Gasteiger partial charge in [-0.2, -0.15) is 0 Å². The lowest BCUT2D eigenvalue weighted by molar-refractivity contribution is 0.620. The summed E-state index contributed by atoms with van der Waals surface area (Å²) in [5, 5.41) is 6.55. The predicted octanol–water partition coefficient (Wildman–Crippen LogP) is 13.6. The van der Waals surface area contributed by atoms with Crippen LogP contribution in [0.15, 0.2) is 183 Å². The molecule has 5 nitrogen and oxygen atoms in total. The molecule has 0 unspecified atom stereocenters. The van der Waals surface area contributed by atoms with Gasteiger partial charge in [0.25, 0.3) is 0 Å². The Bertz CT molecular complexity index is 3130. The maximum absolute atomic E-state index is 6.61. The number of rotatable bonds is 5. The molecule has 0 aliphatic rings. The Balaban J connectivity index is 1.12. The molecule has 0 saturated carbocycles. The van der Waals surface area contributed by atoms with E-state index in [9.17, 15) is 0 Å². The first-order valence-electron chi connectivity index (χ1n) is 17.4. The molecule has 0 saturated heterocycles. The van der Waals surface area contributed by atoms with Gasteiger partial charge in [0.2, 0.25) is 5.89 Å². The standard InChI is InChI=1S/C47H28N2O3/c1-2-11-30-26-32(23-22-29(30)10-1)31-12-7-13-33(27-31)49(40-18-8-15-36-35-14-3-5-19-41(35)51-46(36)40)34-24-25-37-44(28-34)50-43-21-9-16-38(45(37)43)47-48-39-17-4-6-20-42(39)52-47/h1-28H. The van der Waals surface area contributed by atoms with E-state index in [4.69, 9.17) is 18.2 Å². The Labute approximate surface area is 297 Å². The van der Waals surface area contributed by atoms with Crippen LogP contribution in [0.5, 0.6) is 0 Å². The largest absolute Gasteiger partial charge is 0.456 e. The number of para-hydroxylation sites is 4. The fourth-order valence-electron chi connectivity index (χ4n) is 7.65. The Kier molecular flexibility index (Phi) is 6.18. The average molecular weight is 669 g/mol. The number of furan rings is 2. The molecule has 3 heterocycles. The minimum atomic E-state index is 0.572. The van der Waals surface area contributed by atoms with Gasteiger partial charge in [-0.1, -0.05) is 97.1 Å². The highest BCUT2D eigenvalue weighted by Gasteiger charge is 2.22. The number of aromatic nitrogens is 1. The molecule has 0 aliphatic heterocycles. The Morgan fingerprint density at radius 3 is 2.12 bits per heavy atom. The third-order valence-corrected chi connectivity index (χ3v) is 10.1. The molecule has 11 aromatic rings. The zero-order chi connectivity index (χ0) is 34.2. The van der Waals surface area contributed by atoms with E-state index in [1.807, 2.05) is 54.6 Å². The lowest BCUT2D eigenvalue weighted by Crippen LogP contribution is -2.10.